The Kier molecular flexibility index (Phi) is 7.47. The Bertz CT molecular complexity index is 1470. The summed E-state index contributed by atoms with van der Waals surface area (Å²) < 4.78 is 18.2. The molecule has 182 valence electrons. The maximum Gasteiger partial charge on any atom is 0.338 e. The van der Waals surface area contributed by atoms with Crippen molar-refractivity contribution < 1.29 is 19.0 Å². The summed E-state index contributed by atoms with van der Waals surface area (Å²) in [5.41, 5.74) is 2.26. The van der Waals surface area contributed by atoms with Crippen molar-refractivity contribution in [2.45, 2.75) is 24.8 Å². The van der Waals surface area contributed by atoms with Crippen molar-refractivity contribution in [3.63, 3.8) is 0 Å². The van der Waals surface area contributed by atoms with E-state index in [4.69, 9.17) is 14.2 Å². The molecule has 0 saturated heterocycles. The first-order valence-corrected chi connectivity index (χ1v) is 13.0. The number of benzene rings is 2. The lowest BCUT2D eigenvalue weighted by Gasteiger charge is -2.24. The van der Waals surface area contributed by atoms with Gasteiger partial charge >= 0.3 is 5.97 Å². The van der Waals surface area contributed by atoms with Crippen molar-refractivity contribution in [2.24, 2.45) is 4.99 Å². The predicted octanol–water partition coefficient (Wildman–Crippen LogP) is 3.54. The van der Waals surface area contributed by atoms with Crippen LogP contribution < -0.4 is 24.4 Å². The monoisotopic (exact) mass is 510 g/mol. The van der Waals surface area contributed by atoms with Crippen LogP contribution in [0, 0.1) is 0 Å². The highest BCUT2D eigenvalue weighted by molar-refractivity contribution is 7.98. The second-order valence-corrected chi connectivity index (χ2v) is 9.58. The summed E-state index contributed by atoms with van der Waals surface area (Å²) in [7, 11) is 2.91. The fourth-order valence-electron chi connectivity index (χ4n) is 3.99. The van der Waals surface area contributed by atoms with Gasteiger partial charge in [0.25, 0.3) is 5.56 Å². The zero-order valence-electron chi connectivity index (χ0n) is 20.2. The lowest BCUT2D eigenvalue weighted by molar-refractivity contribution is -0.136. The van der Waals surface area contributed by atoms with E-state index in [2.05, 4.69) is 4.99 Å². The summed E-state index contributed by atoms with van der Waals surface area (Å²) in [5, 5.41) is 0. The number of methoxy groups -OCH3 is 2. The number of hydrogen-bond acceptors (Lipinski definition) is 8. The molecule has 35 heavy (non-hydrogen) atoms. The number of rotatable bonds is 7. The zero-order chi connectivity index (χ0) is 25.1. The Labute approximate surface area is 211 Å². The van der Waals surface area contributed by atoms with Crippen LogP contribution in [-0.4, -0.2) is 37.6 Å². The summed E-state index contributed by atoms with van der Waals surface area (Å²) in [4.78, 5) is 32.6. The molecule has 0 saturated carbocycles. The van der Waals surface area contributed by atoms with Crippen LogP contribution in [0.15, 0.2) is 68.4 Å². The molecule has 0 fully saturated rings. The van der Waals surface area contributed by atoms with E-state index in [-0.39, 0.29) is 5.56 Å². The molecule has 0 spiro atoms. The highest BCUT2D eigenvalue weighted by Crippen LogP contribution is 2.32. The Balaban J connectivity index is 1.90. The Morgan fingerprint density at radius 3 is 2.54 bits per heavy atom. The Morgan fingerprint density at radius 1 is 1.17 bits per heavy atom. The number of hydrogen-bond donors (Lipinski definition) is 0. The molecule has 1 aromatic heterocycles. The van der Waals surface area contributed by atoms with Crippen LogP contribution in [0.5, 0.6) is 11.5 Å². The van der Waals surface area contributed by atoms with Crippen LogP contribution in [0.1, 0.15) is 31.0 Å². The van der Waals surface area contributed by atoms with E-state index < -0.39 is 12.0 Å². The third-order valence-electron chi connectivity index (χ3n) is 5.64. The maximum absolute atomic E-state index is 13.7. The van der Waals surface area contributed by atoms with Gasteiger partial charge in [0.15, 0.2) is 16.3 Å². The van der Waals surface area contributed by atoms with Gasteiger partial charge in [-0.05, 0) is 61.6 Å². The molecule has 0 aliphatic carbocycles. The van der Waals surface area contributed by atoms with Gasteiger partial charge in [-0.1, -0.05) is 29.5 Å². The quantitative estimate of drug-likeness (QED) is 0.357. The first kappa shape index (κ1) is 24.8. The van der Waals surface area contributed by atoms with Gasteiger partial charge in [-0.3, -0.25) is 9.36 Å². The Morgan fingerprint density at radius 2 is 1.91 bits per heavy atom. The third-order valence-corrected chi connectivity index (χ3v) is 7.37. The van der Waals surface area contributed by atoms with Gasteiger partial charge in [0.1, 0.15) is 0 Å². The molecule has 9 heteroatoms. The minimum absolute atomic E-state index is 0.227. The number of aromatic nitrogens is 1. The fraction of sp³-hybridized carbons (Fsp3) is 0.269. The number of fused-ring (bicyclic) bond motifs is 1. The topological polar surface area (TPSA) is 79.1 Å². The van der Waals surface area contributed by atoms with Gasteiger partial charge in [-0.2, -0.15) is 0 Å². The Hall–Kier alpha value is -3.30. The predicted molar refractivity (Wildman–Crippen MR) is 138 cm³/mol. The molecule has 0 amide bonds. The molecule has 0 bridgehead atoms. The molecule has 4 rings (SSSR count). The van der Waals surface area contributed by atoms with Gasteiger partial charge in [0, 0.05) is 4.90 Å². The van der Waals surface area contributed by atoms with Gasteiger partial charge in [-0.15, -0.1) is 11.8 Å². The van der Waals surface area contributed by atoms with E-state index in [0.717, 1.165) is 16.0 Å². The first-order valence-electron chi connectivity index (χ1n) is 11.0. The standard InChI is InChI=1S/C26H26N2O5S2/c1-6-33-19-12-7-16(13-20(19)31-3)14-21-24(29)28-23(17-8-10-18(34-5)11-9-17)22(25(30)32-4)15(2)27-26(28)35-21/h7-14,23H,6H2,1-5H3. The molecule has 1 aliphatic heterocycles. The van der Waals surface area contributed by atoms with E-state index in [1.54, 1.807) is 36.4 Å². The molecule has 1 aliphatic rings. The van der Waals surface area contributed by atoms with Crippen LogP contribution in [0.25, 0.3) is 6.08 Å². The molecular weight excluding hydrogens is 484 g/mol. The fourth-order valence-corrected chi connectivity index (χ4v) is 5.45. The number of carbonyl (C=O) groups excluding carboxylic acids is 1. The summed E-state index contributed by atoms with van der Waals surface area (Å²) in [6.07, 6.45) is 3.80. The molecule has 7 nitrogen and oxygen atoms in total. The van der Waals surface area contributed by atoms with Crippen LogP contribution in [0.4, 0.5) is 0 Å². The lowest BCUT2D eigenvalue weighted by atomic mass is 9.96. The minimum Gasteiger partial charge on any atom is -0.493 e. The van der Waals surface area contributed by atoms with Crippen LogP contribution in [0.3, 0.4) is 0 Å². The molecule has 2 heterocycles. The molecule has 2 aromatic carbocycles. The van der Waals surface area contributed by atoms with Gasteiger partial charge in [0.2, 0.25) is 0 Å². The average molecular weight is 511 g/mol. The molecule has 1 unspecified atom stereocenters. The van der Waals surface area contributed by atoms with Crippen molar-refractivity contribution in [3.8, 4) is 11.5 Å². The van der Waals surface area contributed by atoms with Crippen molar-refractivity contribution >= 4 is 35.1 Å². The number of nitrogens with zero attached hydrogens (tertiary/aromatic N) is 2. The van der Waals surface area contributed by atoms with E-state index in [0.29, 0.717) is 38.7 Å². The van der Waals surface area contributed by atoms with E-state index in [1.807, 2.05) is 55.6 Å². The van der Waals surface area contributed by atoms with Crippen LogP contribution in [0.2, 0.25) is 0 Å². The van der Waals surface area contributed by atoms with Gasteiger partial charge in [0.05, 0.1) is 42.7 Å². The molecular formula is C26H26N2O5S2. The molecule has 1 atom stereocenters. The van der Waals surface area contributed by atoms with Gasteiger partial charge < -0.3 is 14.2 Å². The largest absolute Gasteiger partial charge is 0.493 e. The van der Waals surface area contributed by atoms with Crippen molar-refractivity contribution in [2.75, 3.05) is 27.1 Å². The van der Waals surface area contributed by atoms with E-state index >= 15 is 0 Å². The molecule has 3 aromatic rings. The van der Waals surface area contributed by atoms with Crippen molar-refractivity contribution in [1.82, 2.24) is 4.57 Å². The first-order chi connectivity index (χ1) is 16.9. The number of thiazole rings is 1. The number of ether oxygens (including phenoxy) is 3. The van der Waals surface area contributed by atoms with Crippen LogP contribution in [-0.2, 0) is 9.53 Å². The zero-order valence-corrected chi connectivity index (χ0v) is 21.8. The summed E-state index contributed by atoms with van der Waals surface area (Å²) in [6, 6.07) is 12.7. The number of esters is 1. The minimum atomic E-state index is -0.633. The summed E-state index contributed by atoms with van der Waals surface area (Å²) in [5.74, 6) is 0.723. The molecule has 0 radical (unpaired) electrons. The molecule has 0 N–H and O–H groups in total. The highest BCUT2D eigenvalue weighted by atomic mass is 32.2. The van der Waals surface area contributed by atoms with E-state index in [1.165, 1.54) is 18.4 Å². The third kappa shape index (κ3) is 4.78. The smallest absolute Gasteiger partial charge is 0.338 e. The van der Waals surface area contributed by atoms with Crippen molar-refractivity contribution in [1.29, 1.82) is 0 Å². The number of thioether (sulfide) groups is 1. The second kappa shape index (κ2) is 10.5. The summed E-state index contributed by atoms with van der Waals surface area (Å²) >= 11 is 2.91. The van der Waals surface area contributed by atoms with Gasteiger partial charge in [-0.25, -0.2) is 9.79 Å². The average Bonchev–Trinajstić information content (AvgIpc) is 3.17. The normalized spacial score (nSPS) is 15.5. The van der Waals surface area contributed by atoms with E-state index in [9.17, 15) is 9.59 Å². The number of carbonyl (C=O) groups is 1. The second-order valence-electron chi connectivity index (χ2n) is 7.69. The summed E-state index contributed by atoms with van der Waals surface area (Å²) in [6.45, 7) is 4.20. The van der Waals surface area contributed by atoms with Crippen LogP contribution >= 0.6 is 23.1 Å². The van der Waals surface area contributed by atoms with Crippen molar-refractivity contribution in [3.05, 3.63) is 84.5 Å². The SMILES string of the molecule is CCOc1ccc(C=c2sc3n(c2=O)C(c2ccc(SC)cc2)C(C(=O)OC)=C(C)N=3)cc1OC. The maximum atomic E-state index is 13.7. The number of allylic oxidation sites excluding steroid dienone is 1. The lowest BCUT2D eigenvalue weighted by Crippen LogP contribution is -2.39. The highest BCUT2D eigenvalue weighted by Gasteiger charge is 2.33.